The van der Waals surface area contributed by atoms with Gasteiger partial charge in [0, 0.05) is 5.69 Å². The van der Waals surface area contributed by atoms with E-state index < -0.39 is 23.5 Å². The van der Waals surface area contributed by atoms with Crippen LogP contribution < -0.4 is 5.32 Å². The Morgan fingerprint density at radius 2 is 1.75 bits per heavy atom. The molecule has 3 nitrogen and oxygen atoms in total. The van der Waals surface area contributed by atoms with Crippen molar-refractivity contribution in [2.75, 3.05) is 5.32 Å². The standard InChI is InChI=1S/C17H15F4NO2/c1-9-3-5-12(11(7-9)8-14(23)24)22-13-6-4-10(2)15(16(13)18)17(19,20)21/h3-7,22H,8H2,1-2H3,(H,23,24). The second-order valence-corrected chi connectivity index (χ2v) is 5.47. The highest BCUT2D eigenvalue weighted by atomic mass is 19.4. The fourth-order valence-corrected chi connectivity index (χ4v) is 2.42. The molecule has 7 heteroatoms. The van der Waals surface area contributed by atoms with Crippen LogP contribution in [0.3, 0.4) is 0 Å². The maximum atomic E-state index is 14.3. The fraction of sp³-hybridized carbons (Fsp3) is 0.235. The van der Waals surface area contributed by atoms with Gasteiger partial charge in [0.15, 0.2) is 5.82 Å². The summed E-state index contributed by atoms with van der Waals surface area (Å²) in [5.41, 5.74) is -0.518. The van der Waals surface area contributed by atoms with Crippen molar-refractivity contribution >= 4 is 17.3 Å². The van der Waals surface area contributed by atoms with Gasteiger partial charge in [-0.3, -0.25) is 4.79 Å². The van der Waals surface area contributed by atoms with Crippen LogP contribution in [-0.4, -0.2) is 11.1 Å². The van der Waals surface area contributed by atoms with Crippen molar-refractivity contribution in [1.29, 1.82) is 0 Å². The molecule has 0 saturated heterocycles. The van der Waals surface area contributed by atoms with E-state index in [-0.39, 0.29) is 23.4 Å². The second kappa shape index (κ2) is 6.51. The average molecular weight is 341 g/mol. The zero-order valence-electron chi connectivity index (χ0n) is 13.0. The predicted octanol–water partition coefficient (Wildman–Crippen LogP) is 4.83. The van der Waals surface area contributed by atoms with Crippen molar-refractivity contribution in [2.24, 2.45) is 0 Å². The van der Waals surface area contributed by atoms with Crippen LogP contribution in [0.1, 0.15) is 22.3 Å². The first-order valence-electron chi connectivity index (χ1n) is 7.04. The lowest BCUT2D eigenvalue weighted by molar-refractivity contribution is -0.140. The van der Waals surface area contributed by atoms with Crippen LogP contribution in [0, 0.1) is 19.7 Å². The van der Waals surface area contributed by atoms with Crippen LogP contribution in [-0.2, 0) is 17.4 Å². The molecule has 0 spiro atoms. The van der Waals surface area contributed by atoms with Crippen molar-refractivity contribution < 1.29 is 27.5 Å². The second-order valence-electron chi connectivity index (χ2n) is 5.47. The number of aliphatic carboxylic acids is 1. The smallest absolute Gasteiger partial charge is 0.419 e. The van der Waals surface area contributed by atoms with E-state index in [0.717, 1.165) is 5.56 Å². The number of carbonyl (C=O) groups is 1. The number of aryl methyl sites for hydroxylation is 2. The molecule has 0 fully saturated rings. The summed E-state index contributed by atoms with van der Waals surface area (Å²) in [4.78, 5) is 10.9. The number of anilines is 2. The number of hydrogen-bond acceptors (Lipinski definition) is 2. The number of hydrogen-bond donors (Lipinski definition) is 2. The van der Waals surface area contributed by atoms with Gasteiger partial charge in [0.1, 0.15) is 0 Å². The average Bonchev–Trinajstić information content (AvgIpc) is 2.42. The Hall–Kier alpha value is -2.57. The fourth-order valence-electron chi connectivity index (χ4n) is 2.42. The minimum Gasteiger partial charge on any atom is -0.481 e. The summed E-state index contributed by atoms with van der Waals surface area (Å²) in [6.07, 6.45) is -5.15. The van der Waals surface area contributed by atoms with Crippen LogP contribution in [0.25, 0.3) is 0 Å². The molecule has 2 N–H and O–H groups in total. The number of nitrogens with one attached hydrogen (secondary N) is 1. The summed E-state index contributed by atoms with van der Waals surface area (Å²) >= 11 is 0. The van der Waals surface area contributed by atoms with Gasteiger partial charge in [0.2, 0.25) is 0 Å². The lowest BCUT2D eigenvalue weighted by atomic mass is 10.0. The lowest BCUT2D eigenvalue weighted by Crippen LogP contribution is -2.12. The molecule has 0 heterocycles. The summed E-state index contributed by atoms with van der Waals surface area (Å²) in [5.74, 6) is -2.51. The molecular weight excluding hydrogens is 326 g/mol. The molecule has 0 saturated carbocycles. The van der Waals surface area contributed by atoms with E-state index in [0.29, 0.717) is 5.56 Å². The molecule has 2 rings (SSSR count). The van der Waals surface area contributed by atoms with Gasteiger partial charge in [-0.2, -0.15) is 13.2 Å². The van der Waals surface area contributed by atoms with Gasteiger partial charge in [-0.25, -0.2) is 4.39 Å². The molecule has 0 radical (unpaired) electrons. The van der Waals surface area contributed by atoms with Crippen molar-refractivity contribution in [2.45, 2.75) is 26.4 Å². The van der Waals surface area contributed by atoms with E-state index >= 15 is 0 Å². The number of benzene rings is 2. The van der Waals surface area contributed by atoms with Crippen LogP contribution in [0.2, 0.25) is 0 Å². The Morgan fingerprint density at radius 3 is 2.33 bits per heavy atom. The molecular formula is C17H15F4NO2. The van der Waals surface area contributed by atoms with E-state index in [2.05, 4.69) is 5.32 Å². The Morgan fingerprint density at radius 1 is 1.12 bits per heavy atom. The molecule has 0 aromatic heterocycles. The molecule has 0 aliphatic carbocycles. The zero-order chi connectivity index (χ0) is 18.1. The summed E-state index contributed by atoms with van der Waals surface area (Å²) in [6.45, 7) is 2.93. The molecule has 0 unspecified atom stereocenters. The monoisotopic (exact) mass is 341 g/mol. The first-order valence-corrected chi connectivity index (χ1v) is 7.04. The van der Waals surface area contributed by atoms with E-state index in [1.807, 2.05) is 0 Å². The third-order valence-electron chi connectivity index (χ3n) is 3.51. The molecule has 0 aliphatic rings. The highest BCUT2D eigenvalue weighted by Gasteiger charge is 2.37. The van der Waals surface area contributed by atoms with Gasteiger partial charge in [-0.1, -0.05) is 23.8 Å². The lowest BCUT2D eigenvalue weighted by Gasteiger charge is -2.17. The van der Waals surface area contributed by atoms with Crippen molar-refractivity contribution in [3.05, 3.63) is 58.4 Å². The quantitative estimate of drug-likeness (QED) is 0.783. The normalized spacial score (nSPS) is 11.4. The molecule has 24 heavy (non-hydrogen) atoms. The highest BCUT2D eigenvalue weighted by Crippen LogP contribution is 2.37. The van der Waals surface area contributed by atoms with Crippen LogP contribution >= 0.6 is 0 Å². The maximum absolute atomic E-state index is 14.3. The topological polar surface area (TPSA) is 49.3 Å². The summed E-state index contributed by atoms with van der Waals surface area (Å²) in [7, 11) is 0. The molecule has 128 valence electrons. The number of halogens is 4. The van der Waals surface area contributed by atoms with Crippen molar-refractivity contribution in [1.82, 2.24) is 0 Å². The number of alkyl halides is 3. The minimum absolute atomic E-state index is 0.222. The van der Waals surface area contributed by atoms with Gasteiger partial charge < -0.3 is 10.4 Å². The molecule has 0 atom stereocenters. The third kappa shape index (κ3) is 3.84. The summed E-state index contributed by atoms with van der Waals surface area (Å²) in [6, 6.07) is 7.13. The van der Waals surface area contributed by atoms with Crippen LogP contribution in [0.5, 0.6) is 0 Å². The van der Waals surface area contributed by atoms with Gasteiger partial charge in [-0.15, -0.1) is 0 Å². The molecule has 2 aromatic carbocycles. The Balaban J connectivity index is 2.48. The molecule has 0 amide bonds. The van der Waals surface area contributed by atoms with E-state index in [4.69, 9.17) is 5.11 Å². The molecule has 0 aliphatic heterocycles. The van der Waals surface area contributed by atoms with E-state index in [9.17, 15) is 22.4 Å². The number of carboxylic acids is 1. The maximum Gasteiger partial charge on any atom is 0.419 e. The zero-order valence-corrected chi connectivity index (χ0v) is 13.0. The first kappa shape index (κ1) is 17.8. The van der Waals surface area contributed by atoms with Gasteiger partial charge >= 0.3 is 12.1 Å². The Kier molecular flexibility index (Phi) is 4.82. The number of rotatable bonds is 4. The summed E-state index contributed by atoms with van der Waals surface area (Å²) < 4.78 is 53.3. The highest BCUT2D eigenvalue weighted by molar-refractivity contribution is 5.75. The molecule has 2 aromatic rings. The van der Waals surface area contributed by atoms with Gasteiger partial charge in [0.25, 0.3) is 0 Å². The summed E-state index contributed by atoms with van der Waals surface area (Å²) in [5, 5.41) is 11.5. The Bertz CT molecular complexity index is 785. The predicted molar refractivity (Wildman–Crippen MR) is 81.9 cm³/mol. The van der Waals surface area contributed by atoms with Crippen molar-refractivity contribution in [3.63, 3.8) is 0 Å². The minimum atomic E-state index is -4.82. The largest absolute Gasteiger partial charge is 0.481 e. The molecule has 0 bridgehead atoms. The van der Waals surface area contributed by atoms with Gasteiger partial charge in [-0.05, 0) is 37.1 Å². The Labute approximate surface area is 135 Å². The third-order valence-corrected chi connectivity index (χ3v) is 3.51. The van der Waals surface area contributed by atoms with Crippen molar-refractivity contribution in [3.8, 4) is 0 Å². The number of carboxylic acid groups (broad SMARTS) is 1. The van der Waals surface area contributed by atoms with Crippen LogP contribution in [0.15, 0.2) is 30.3 Å². The SMILES string of the molecule is Cc1ccc(Nc2ccc(C)c(C(F)(F)F)c2F)c(CC(=O)O)c1. The first-order chi connectivity index (χ1) is 11.1. The van der Waals surface area contributed by atoms with E-state index in [1.165, 1.54) is 25.1 Å². The van der Waals surface area contributed by atoms with Crippen LogP contribution in [0.4, 0.5) is 28.9 Å². The van der Waals surface area contributed by atoms with E-state index in [1.54, 1.807) is 19.1 Å². The van der Waals surface area contributed by atoms with Gasteiger partial charge in [0.05, 0.1) is 17.7 Å².